The number of benzene rings is 1. The molecule has 2 saturated heterocycles. The molecule has 1 aromatic heterocycles. The summed E-state index contributed by atoms with van der Waals surface area (Å²) in [5.41, 5.74) is 8.62. The number of nitrogens with one attached hydrogen (secondary N) is 1. The Labute approximate surface area is 234 Å². The first-order chi connectivity index (χ1) is 19.3. The lowest BCUT2D eigenvalue weighted by molar-refractivity contribution is -0.185. The summed E-state index contributed by atoms with van der Waals surface area (Å²) in [6.45, 7) is 8.91. The summed E-state index contributed by atoms with van der Waals surface area (Å²) in [7, 11) is 0. The molecule has 4 aliphatic rings. The molecule has 3 N–H and O–H groups in total. The lowest BCUT2D eigenvalue weighted by Crippen LogP contribution is -2.47. The van der Waals surface area contributed by atoms with Crippen LogP contribution in [0.3, 0.4) is 0 Å². The number of ether oxygens (including phenoxy) is 4. The Morgan fingerprint density at radius 1 is 1.20 bits per heavy atom. The van der Waals surface area contributed by atoms with Crippen LogP contribution in [0.5, 0.6) is 0 Å². The fourth-order valence-corrected chi connectivity index (χ4v) is 6.02. The molecule has 3 fully saturated rings. The van der Waals surface area contributed by atoms with Crippen molar-refractivity contribution in [3.8, 4) is 0 Å². The van der Waals surface area contributed by atoms with Gasteiger partial charge in [-0.1, -0.05) is 36.9 Å². The summed E-state index contributed by atoms with van der Waals surface area (Å²) in [5.74, 6) is 0.689. The van der Waals surface area contributed by atoms with E-state index in [1.165, 1.54) is 6.33 Å². The molecule has 0 amide bonds. The Bertz CT molecular complexity index is 1280. The largest absolute Gasteiger partial charge is 0.461 e. The molecule has 0 radical (unpaired) electrons. The highest BCUT2D eigenvalue weighted by Gasteiger charge is 2.57. The second-order valence-corrected chi connectivity index (χ2v) is 11.5. The highest BCUT2D eigenvalue weighted by Crippen LogP contribution is 2.43. The van der Waals surface area contributed by atoms with Crippen molar-refractivity contribution in [2.24, 2.45) is 5.92 Å². The molecule has 212 valence electrons. The molecule has 2 aromatic rings. The first kappa shape index (κ1) is 26.9. The summed E-state index contributed by atoms with van der Waals surface area (Å²) < 4.78 is 24.6. The smallest absolute Gasteiger partial charge is 0.306 e. The number of nitrogens with zero attached hydrogens (tertiary/aromatic N) is 3. The van der Waals surface area contributed by atoms with Gasteiger partial charge in [0, 0.05) is 25.2 Å². The number of fused-ring (bicyclic) bond motifs is 2. The lowest BCUT2D eigenvalue weighted by atomic mass is 9.77. The van der Waals surface area contributed by atoms with E-state index >= 15 is 0 Å². The molecule has 4 unspecified atom stereocenters. The maximum absolute atomic E-state index is 12.2. The summed E-state index contributed by atoms with van der Waals surface area (Å²) >= 11 is 0. The fraction of sp³-hybridized carbons (Fsp3) is 0.500. The minimum atomic E-state index is -0.719. The van der Waals surface area contributed by atoms with Crippen LogP contribution in [0.15, 0.2) is 55.5 Å². The summed E-state index contributed by atoms with van der Waals surface area (Å²) in [4.78, 5) is 22.7. The van der Waals surface area contributed by atoms with Gasteiger partial charge in [-0.3, -0.25) is 4.79 Å². The van der Waals surface area contributed by atoms with Crippen molar-refractivity contribution >= 4 is 23.2 Å². The topological polar surface area (TPSA) is 121 Å². The van der Waals surface area contributed by atoms with Crippen LogP contribution in [-0.2, 0) is 30.3 Å². The van der Waals surface area contributed by atoms with Crippen LogP contribution < -0.4 is 16.0 Å². The molecule has 0 spiro atoms. The Balaban J connectivity index is 1.01. The van der Waals surface area contributed by atoms with Gasteiger partial charge in [0.25, 0.3) is 0 Å². The molecule has 4 heterocycles. The number of carbonyl (C=O) groups excluding carboxylic acids is 1. The standard InChI is InChI=1S/C30H37N5O5/c1-18-11-12-35(28-24(18)27(31)33-17-34-28)29-26-25(39-30(2,3)40-26)22(38-29)15-32-21-13-20(14-21)9-10-23(36)37-16-19-7-5-4-6-8-19/h4-8,11-12,17,20-22,25-26,29,32H,1,9-10,13-16H2,2-3H3,(H2,31,33,34). The van der Waals surface area contributed by atoms with Crippen LogP contribution in [0.1, 0.15) is 50.7 Å². The van der Waals surface area contributed by atoms with Gasteiger partial charge in [-0.15, -0.1) is 0 Å². The van der Waals surface area contributed by atoms with E-state index in [1.54, 1.807) is 0 Å². The van der Waals surface area contributed by atoms with Gasteiger partial charge < -0.3 is 34.9 Å². The average molecular weight is 548 g/mol. The molecular weight excluding hydrogens is 510 g/mol. The number of anilines is 2. The molecule has 1 aliphatic carbocycles. The summed E-state index contributed by atoms with van der Waals surface area (Å²) in [6, 6.07) is 10.1. The molecule has 4 atom stereocenters. The number of aromatic nitrogens is 2. The van der Waals surface area contributed by atoms with Crippen LogP contribution in [0.2, 0.25) is 0 Å². The van der Waals surface area contributed by atoms with E-state index in [1.807, 2.05) is 61.4 Å². The molecule has 1 aromatic carbocycles. The van der Waals surface area contributed by atoms with Gasteiger partial charge in [-0.05, 0) is 56.2 Å². The van der Waals surface area contributed by atoms with Crippen molar-refractivity contribution < 1.29 is 23.7 Å². The van der Waals surface area contributed by atoms with E-state index in [0.29, 0.717) is 48.7 Å². The minimum absolute atomic E-state index is 0.137. The minimum Gasteiger partial charge on any atom is -0.461 e. The summed E-state index contributed by atoms with van der Waals surface area (Å²) in [5, 5.41) is 3.65. The van der Waals surface area contributed by atoms with Crippen molar-refractivity contribution in [1.29, 1.82) is 0 Å². The zero-order valence-corrected chi connectivity index (χ0v) is 23.0. The van der Waals surface area contributed by atoms with E-state index in [4.69, 9.17) is 24.7 Å². The molecule has 10 nitrogen and oxygen atoms in total. The number of nitrogens with two attached hydrogens (primary N) is 1. The third-order valence-electron chi connectivity index (χ3n) is 8.10. The number of rotatable bonds is 9. The summed E-state index contributed by atoms with van der Waals surface area (Å²) in [6.07, 6.45) is 7.42. The van der Waals surface area contributed by atoms with Crippen LogP contribution in [0.4, 0.5) is 11.6 Å². The van der Waals surface area contributed by atoms with Crippen molar-refractivity contribution in [1.82, 2.24) is 15.3 Å². The van der Waals surface area contributed by atoms with E-state index in [9.17, 15) is 4.79 Å². The average Bonchev–Trinajstić information content (AvgIpc) is 3.40. The number of carbonyl (C=O) groups is 1. The molecule has 3 aliphatic heterocycles. The molecule has 40 heavy (non-hydrogen) atoms. The van der Waals surface area contributed by atoms with Crippen LogP contribution in [0.25, 0.3) is 5.57 Å². The zero-order chi connectivity index (χ0) is 27.9. The third-order valence-corrected chi connectivity index (χ3v) is 8.10. The van der Waals surface area contributed by atoms with Gasteiger partial charge >= 0.3 is 5.97 Å². The van der Waals surface area contributed by atoms with Gasteiger partial charge in [0.15, 0.2) is 12.0 Å². The van der Waals surface area contributed by atoms with Crippen molar-refractivity contribution in [3.05, 3.63) is 66.6 Å². The van der Waals surface area contributed by atoms with Crippen LogP contribution >= 0.6 is 0 Å². The maximum Gasteiger partial charge on any atom is 0.306 e. The number of allylic oxidation sites excluding steroid dienone is 2. The first-order valence-corrected chi connectivity index (χ1v) is 14.0. The van der Waals surface area contributed by atoms with E-state index in [0.717, 1.165) is 30.4 Å². The Morgan fingerprint density at radius 2 is 1.98 bits per heavy atom. The second-order valence-electron chi connectivity index (χ2n) is 11.5. The quantitative estimate of drug-likeness (QED) is 0.451. The number of hydrogen-bond acceptors (Lipinski definition) is 10. The monoisotopic (exact) mass is 547 g/mol. The molecule has 0 bridgehead atoms. The molecule has 1 saturated carbocycles. The highest BCUT2D eigenvalue weighted by molar-refractivity contribution is 5.88. The van der Waals surface area contributed by atoms with E-state index < -0.39 is 12.0 Å². The Morgan fingerprint density at radius 3 is 2.77 bits per heavy atom. The Hall–Kier alpha value is -3.31. The zero-order valence-electron chi connectivity index (χ0n) is 23.0. The third kappa shape index (κ3) is 5.49. The van der Waals surface area contributed by atoms with Crippen LogP contribution in [-0.4, -0.2) is 58.9 Å². The predicted octanol–water partition coefficient (Wildman–Crippen LogP) is 3.54. The van der Waals surface area contributed by atoms with E-state index in [2.05, 4.69) is 21.9 Å². The number of hydrogen-bond donors (Lipinski definition) is 2. The molecular formula is C30H37N5O5. The normalized spacial score (nSPS) is 30.1. The van der Waals surface area contributed by atoms with Crippen molar-refractivity contribution in [2.75, 3.05) is 17.2 Å². The van der Waals surface area contributed by atoms with Gasteiger partial charge in [-0.25, -0.2) is 9.97 Å². The van der Waals surface area contributed by atoms with Gasteiger partial charge in [0.1, 0.15) is 42.9 Å². The number of nitrogen functional groups attached to an aromatic ring is 1. The van der Waals surface area contributed by atoms with Crippen molar-refractivity contribution in [3.63, 3.8) is 0 Å². The van der Waals surface area contributed by atoms with Crippen molar-refractivity contribution in [2.45, 2.75) is 82.5 Å². The van der Waals surface area contributed by atoms with Gasteiger partial charge in [0.05, 0.1) is 5.56 Å². The fourth-order valence-electron chi connectivity index (χ4n) is 6.02. The number of esters is 1. The predicted molar refractivity (Wildman–Crippen MR) is 150 cm³/mol. The second kappa shape index (κ2) is 10.9. The highest BCUT2D eigenvalue weighted by atomic mass is 16.8. The Kier molecular flexibility index (Phi) is 7.35. The molecule has 6 rings (SSSR count). The van der Waals surface area contributed by atoms with E-state index in [-0.39, 0.29) is 24.3 Å². The maximum atomic E-state index is 12.2. The van der Waals surface area contributed by atoms with Gasteiger partial charge in [-0.2, -0.15) is 0 Å². The SMILES string of the molecule is C=C1C=CN(C2OC(CNC3CC(CCC(=O)OCc4ccccc4)C3)C3OC(C)(C)OC32)c2ncnc(N)c21. The molecule has 10 heteroatoms. The first-order valence-electron chi connectivity index (χ1n) is 14.0. The lowest BCUT2D eigenvalue weighted by Gasteiger charge is -2.37. The van der Waals surface area contributed by atoms with Crippen LogP contribution in [0, 0.1) is 5.92 Å². The van der Waals surface area contributed by atoms with Gasteiger partial charge in [0.2, 0.25) is 0 Å².